The molecule has 0 radical (unpaired) electrons. The van der Waals surface area contributed by atoms with E-state index in [9.17, 15) is 26.3 Å². The summed E-state index contributed by atoms with van der Waals surface area (Å²) < 4.78 is 75.7. The first-order chi connectivity index (χ1) is 9.41. The molecular formula is C11H11F6N3S. The molecule has 0 saturated carbocycles. The van der Waals surface area contributed by atoms with E-state index in [1.807, 2.05) is 0 Å². The molecule has 0 aliphatic rings. The molecule has 0 fully saturated rings. The Morgan fingerprint density at radius 1 is 0.952 bits per heavy atom. The van der Waals surface area contributed by atoms with Crippen LogP contribution in [0.2, 0.25) is 0 Å². The van der Waals surface area contributed by atoms with Crippen molar-refractivity contribution >= 4 is 23.0 Å². The Morgan fingerprint density at radius 2 is 1.38 bits per heavy atom. The van der Waals surface area contributed by atoms with Crippen molar-refractivity contribution in [3.05, 3.63) is 29.3 Å². The third-order valence-electron chi connectivity index (χ3n) is 2.31. The Bertz CT molecular complexity index is 491. The average Bonchev–Trinajstić information content (AvgIpc) is 2.33. The molecule has 0 heterocycles. The van der Waals surface area contributed by atoms with Crippen molar-refractivity contribution in [3.63, 3.8) is 0 Å². The Morgan fingerprint density at radius 3 is 1.71 bits per heavy atom. The number of nitrogens with one attached hydrogen (secondary N) is 2. The van der Waals surface area contributed by atoms with Gasteiger partial charge in [-0.1, -0.05) is 0 Å². The zero-order valence-corrected chi connectivity index (χ0v) is 11.7. The molecule has 0 spiro atoms. The molecule has 1 rings (SSSR count). The van der Waals surface area contributed by atoms with Gasteiger partial charge >= 0.3 is 12.4 Å². The number of anilines is 1. The van der Waals surface area contributed by atoms with Gasteiger partial charge in [0.2, 0.25) is 0 Å². The van der Waals surface area contributed by atoms with E-state index in [4.69, 9.17) is 12.2 Å². The molecule has 0 atom stereocenters. The van der Waals surface area contributed by atoms with Crippen LogP contribution in [0.4, 0.5) is 32.0 Å². The highest BCUT2D eigenvalue weighted by molar-refractivity contribution is 7.80. The van der Waals surface area contributed by atoms with Crippen molar-refractivity contribution in [1.82, 2.24) is 10.3 Å². The molecule has 3 nitrogen and oxygen atoms in total. The van der Waals surface area contributed by atoms with Gasteiger partial charge in [0.1, 0.15) is 0 Å². The zero-order chi connectivity index (χ0) is 16.4. The molecule has 0 aromatic heterocycles. The summed E-state index contributed by atoms with van der Waals surface area (Å²) >= 11 is 4.80. The van der Waals surface area contributed by atoms with Crippen molar-refractivity contribution in [2.24, 2.45) is 0 Å². The molecule has 0 aliphatic heterocycles. The van der Waals surface area contributed by atoms with Crippen LogP contribution < -0.4 is 10.9 Å². The predicted octanol–water partition coefficient (Wildman–Crippen LogP) is 3.49. The Hall–Kier alpha value is -1.71. The minimum absolute atomic E-state index is 0.0510. The molecule has 10 heteroatoms. The smallest absolute Gasteiger partial charge is 0.354 e. The van der Waals surface area contributed by atoms with E-state index in [0.717, 1.165) is 0 Å². The summed E-state index contributed by atoms with van der Waals surface area (Å²) in [5.74, 6) is 0. The number of thiocarbonyl (C=S) groups is 1. The molecule has 0 unspecified atom stereocenters. The van der Waals surface area contributed by atoms with E-state index >= 15 is 0 Å². The summed E-state index contributed by atoms with van der Waals surface area (Å²) in [6.07, 6.45) is -9.78. The van der Waals surface area contributed by atoms with E-state index in [1.54, 1.807) is 14.1 Å². The van der Waals surface area contributed by atoms with Crippen LogP contribution in [0, 0.1) is 0 Å². The lowest BCUT2D eigenvalue weighted by Gasteiger charge is -2.19. The van der Waals surface area contributed by atoms with Crippen LogP contribution in [0.15, 0.2) is 18.2 Å². The monoisotopic (exact) mass is 331 g/mol. The third kappa shape index (κ3) is 4.96. The zero-order valence-electron chi connectivity index (χ0n) is 10.9. The molecular weight excluding hydrogens is 320 g/mol. The lowest BCUT2D eigenvalue weighted by molar-refractivity contribution is -0.143. The van der Waals surface area contributed by atoms with Gasteiger partial charge in [-0.15, -0.1) is 0 Å². The van der Waals surface area contributed by atoms with Crippen LogP contribution in [0.1, 0.15) is 11.1 Å². The van der Waals surface area contributed by atoms with Gasteiger partial charge in [-0.2, -0.15) is 26.3 Å². The first kappa shape index (κ1) is 17.3. The number of benzene rings is 1. The second kappa shape index (κ2) is 5.96. The van der Waals surface area contributed by atoms with Crippen LogP contribution in [-0.2, 0) is 12.4 Å². The summed E-state index contributed by atoms with van der Waals surface area (Å²) in [7, 11) is 3.12. The topological polar surface area (TPSA) is 27.3 Å². The van der Waals surface area contributed by atoms with Gasteiger partial charge in [0.05, 0.1) is 16.8 Å². The second-order valence-electron chi connectivity index (χ2n) is 4.24. The van der Waals surface area contributed by atoms with Gasteiger partial charge in [0.25, 0.3) is 0 Å². The van der Waals surface area contributed by atoms with Gasteiger partial charge in [-0.05, 0) is 30.4 Å². The minimum atomic E-state index is -4.89. The van der Waals surface area contributed by atoms with E-state index in [2.05, 4.69) is 10.9 Å². The van der Waals surface area contributed by atoms with Crippen LogP contribution in [0.25, 0.3) is 0 Å². The second-order valence-corrected chi connectivity index (χ2v) is 4.63. The van der Waals surface area contributed by atoms with E-state index in [1.165, 1.54) is 4.90 Å². The number of alkyl halides is 6. The van der Waals surface area contributed by atoms with Gasteiger partial charge < -0.3 is 4.90 Å². The fourth-order valence-electron chi connectivity index (χ4n) is 1.26. The molecule has 0 bridgehead atoms. The van der Waals surface area contributed by atoms with Crippen molar-refractivity contribution < 1.29 is 26.3 Å². The molecule has 0 saturated heterocycles. The van der Waals surface area contributed by atoms with Crippen LogP contribution in [0.5, 0.6) is 0 Å². The summed E-state index contributed by atoms with van der Waals surface area (Å²) in [4.78, 5) is 1.42. The summed E-state index contributed by atoms with van der Waals surface area (Å²) in [5, 5.41) is 0.0981. The first-order valence-corrected chi connectivity index (χ1v) is 5.85. The molecule has 118 valence electrons. The SMILES string of the molecule is CN(C)C(=S)NNc1cc(C(F)(F)F)cc(C(F)(F)F)c1. The number of hydrogen-bond donors (Lipinski definition) is 2. The van der Waals surface area contributed by atoms with Gasteiger partial charge in [0.15, 0.2) is 5.11 Å². The maximum atomic E-state index is 12.6. The van der Waals surface area contributed by atoms with E-state index in [-0.39, 0.29) is 11.2 Å². The van der Waals surface area contributed by atoms with Gasteiger partial charge in [0, 0.05) is 14.1 Å². The third-order valence-corrected chi connectivity index (χ3v) is 2.77. The number of halogens is 6. The van der Waals surface area contributed by atoms with Crippen LogP contribution in [0.3, 0.4) is 0 Å². The Labute approximate surface area is 121 Å². The number of hydrazine groups is 1. The molecule has 0 amide bonds. The highest BCUT2D eigenvalue weighted by Crippen LogP contribution is 2.37. The van der Waals surface area contributed by atoms with Gasteiger partial charge in [-0.3, -0.25) is 10.9 Å². The van der Waals surface area contributed by atoms with Crippen molar-refractivity contribution in [1.29, 1.82) is 0 Å². The largest absolute Gasteiger partial charge is 0.416 e. The van der Waals surface area contributed by atoms with E-state index < -0.39 is 29.2 Å². The van der Waals surface area contributed by atoms with Gasteiger partial charge in [-0.25, -0.2) is 0 Å². The average molecular weight is 331 g/mol. The fraction of sp³-hybridized carbons (Fsp3) is 0.364. The first-order valence-electron chi connectivity index (χ1n) is 5.44. The maximum absolute atomic E-state index is 12.6. The number of rotatable bonds is 2. The highest BCUT2D eigenvalue weighted by atomic mass is 32.1. The predicted molar refractivity (Wildman–Crippen MR) is 69.5 cm³/mol. The van der Waals surface area contributed by atoms with Crippen molar-refractivity contribution in [2.45, 2.75) is 12.4 Å². The minimum Gasteiger partial charge on any atom is -0.354 e. The molecule has 21 heavy (non-hydrogen) atoms. The maximum Gasteiger partial charge on any atom is 0.416 e. The standard InChI is InChI=1S/C11H11F6N3S/c1-20(2)9(21)19-18-8-4-6(10(12,13)14)3-7(5-8)11(15,16)17/h3-5,18H,1-2H3,(H,19,21). The number of nitrogens with zero attached hydrogens (tertiary/aromatic N) is 1. The molecule has 1 aromatic rings. The molecule has 0 aliphatic carbocycles. The van der Waals surface area contributed by atoms with E-state index in [0.29, 0.717) is 12.1 Å². The summed E-state index contributed by atoms with van der Waals surface area (Å²) in [6, 6.07) is 1.16. The molecule has 1 aromatic carbocycles. The van der Waals surface area contributed by atoms with Crippen molar-refractivity contribution in [2.75, 3.05) is 19.5 Å². The lowest BCUT2D eigenvalue weighted by atomic mass is 10.1. The Balaban J connectivity index is 3.11. The van der Waals surface area contributed by atoms with Crippen molar-refractivity contribution in [3.8, 4) is 0 Å². The van der Waals surface area contributed by atoms with Crippen LogP contribution >= 0.6 is 12.2 Å². The Kier molecular flexibility index (Phi) is 4.92. The molecule has 2 N–H and O–H groups in total. The quantitative estimate of drug-likeness (QED) is 0.493. The lowest BCUT2D eigenvalue weighted by Crippen LogP contribution is -2.38. The normalized spacial score (nSPS) is 12.0. The summed E-state index contributed by atoms with van der Waals surface area (Å²) in [6.45, 7) is 0. The summed E-state index contributed by atoms with van der Waals surface area (Å²) in [5.41, 5.74) is 1.33. The highest BCUT2D eigenvalue weighted by Gasteiger charge is 2.36. The van der Waals surface area contributed by atoms with Crippen LogP contribution in [-0.4, -0.2) is 24.1 Å². The fourth-order valence-corrected chi connectivity index (χ4v) is 1.32. The number of hydrogen-bond acceptors (Lipinski definition) is 2.